The van der Waals surface area contributed by atoms with Crippen LogP contribution in [0.15, 0.2) is 48.9 Å². The number of rotatable bonds is 9. The van der Waals surface area contributed by atoms with E-state index in [9.17, 15) is 14.4 Å². The van der Waals surface area contributed by atoms with Crippen LogP contribution in [0.5, 0.6) is 0 Å². The van der Waals surface area contributed by atoms with Crippen LogP contribution in [0.1, 0.15) is 50.2 Å². The zero-order valence-electron chi connectivity index (χ0n) is 22.1. The van der Waals surface area contributed by atoms with Crippen molar-refractivity contribution in [3.8, 4) is 0 Å². The summed E-state index contributed by atoms with van der Waals surface area (Å²) in [5, 5.41) is 5.78. The number of aromatic nitrogens is 2. The summed E-state index contributed by atoms with van der Waals surface area (Å²) in [5.41, 5.74) is 0.985. The molecule has 0 saturated carbocycles. The minimum absolute atomic E-state index is 0.0159. The average molecular weight is 509 g/mol. The van der Waals surface area contributed by atoms with Gasteiger partial charge >= 0.3 is 13.1 Å². The van der Waals surface area contributed by atoms with Gasteiger partial charge in [0.2, 0.25) is 5.91 Å². The van der Waals surface area contributed by atoms with Crippen molar-refractivity contribution in [2.45, 2.75) is 64.6 Å². The lowest BCUT2D eigenvalue weighted by atomic mass is 9.73. The summed E-state index contributed by atoms with van der Waals surface area (Å²) in [7, 11) is 0.896. The molecule has 0 aliphatic carbocycles. The van der Waals surface area contributed by atoms with Crippen LogP contribution in [0.3, 0.4) is 0 Å². The summed E-state index contributed by atoms with van der Waals surface area (Å²) >= 11 is 0. The smallest absolute Gasteiger partial charge is 0.507 e. The highest BCUT2D eigenvalue weighted by Crippen LogP contribution is 2.17. The van der Waals surface area contributed by atoms with E-state index < -0.39 is 42.9 Å². The third kappa shape index (κ3) is 8.09. The van der Waals surface area contributed by atoms with Gasteiger partial charge in [-0.3, -0.25) is 24.3 Å². The molecule has 10 nitrogen and oxygen atoms in total. The molecule has 1 aliphatic heterocycles. The Labute approximate surface area is 218 Å². The monoisotopic (exact) mass is 509 g/mol. The molecule has 11 heteroatoms. The molecule has 0 bridgehead atoms. The Bertz CT molecular complexity index is 1040. The second kappa shape index (κ2) is 13.3. The van der Waals surface area contributed by atoms with Gasteiger partial charge in [0.25, 0.3) is 5.91 Å². The fraction of sp³-hybridized carbons (Fsp3) is 0.500. The van der Waals surface area contributed by atoms with Crippen molar-refractivity contribution >= 4 is 24.9 Å². The average Bonchev–Trinajstić information content (AvgIpc) is 2.89. The highest BCUT2D eigenvalue weighted by Gasteiger charge is 2.41. The van der Waals surface area contributed by atoms with E-state index >= 15 is 0 Å². The van der Waals surface area contributed by atoms with Gasteiger partial charge in [0.1, 0.15) is 17.8 Å². The van der Waals surface area contributed by atoms with Crippen molar-refractivity contribution in [2.75, 3.05) is 13.7 Å². The first-order valence-corrected chi connectivity index (χ1v) is 12.6. The van der Waals surface area contributed by atoms with Crippen molar-refractivity contribution < 1.29 is 23.7 Å². The van der Waals surface area contributed by atoms with E-state index in [0.29, 0.717) is 13.0 Å². The molecule has 3 rings (SSSR count). The molecule has 198 valence electrons. The molecule has 0 spiro atoms. The van der Waals surface area contributed by atoms with Gasteiger partial charge in [-0.25, -0.2) is 4.98 Å². The van der Waals surface area contributed by atoms with Crippen LogP contribution in [0.2, 0.25) is 0 Å². The van der Waals surface area contributed by atoms with Crippen LogP contribution < -0.4 is 10.6 Å². The normalized spacial score (nSPS) is 20.4. The maximum absolute atomic E-state index is 13.6. The second-order valence-electron chi connectivity index (χ2n) is 9.88. The number of nitrogens with one attached hydrogen (secondary N) is 2. The van der Waals surface area contributed by atoms with E-state index in [1.54, 1.807) is 6.92 Å². The van der Waals surface area contributed by atoms with E-state index in [0.717, 1.165) is 5.56 Å². The summed E-state index contributed by atoms with van der Waals surface area (Å²) in [6.45, 7) is 8.12. The minimum atomic E-state index is -0.953. The van der Waals surface area contributed by atoms with Crippen molar-refractivity contribution in [1.29, 1.82) is 0 Å². The standard InChI is InChI=1S/C26H36BN5O5/c1-17(2)13-23(27-36-16-18(3)32(5)19(4)26(35)37-27)31-24(33)21(14-20-9-7-6-8-10-20)30-25(34)22-15-28-11-12-29-22/h6-12,15,17-19,21,23H,13-14,16H2,1-5H3,(H,30,34)(H,31,33)/t18-,19+,21?,23+/m1/s1. The molecule has 2 aromatic rings. The Kier molecular flexibility index (Phi) is 10.2. The fourth-order valence-corrected chi connectivity index (χ4v) is 4.08. The predicted molar refractivity (Wildman–Crippen MR) is 139 cm³/mol. The summed E-state index contributed by atoms with van der Waals surface area (Å²) < 4.78 is 11.7. The Balaban J connectivity index is 1.82. The largest absolute Gasteiger partial charge is 0.551 e. The lowest BCUT2D eigenvalue weighted by molar-refractivity contribution is -0.144. The molecule has 1 fully saturated rings. The van der Waals surface area contributed by atoms with Crippen LogP contribution >= 0.6 is 0 Å². The van der Waals surface area contributed by atoms with E-state index in [1.807, 2.05) is 63.1 Å². The van der Waals surface area contributed by atoms with E-state index in [-0.39, 0.29) is 24.1 Å². The number of hydrogen-bond acceptors (Lipinski definition) is 8. The van der Waals surface area contributed by atoms with Crippen LogP contribution in [0.4, 0.5) is 0 Å². The first-order valence-electron chi connectivity index (χ1n) is 12.6. The van der Waals surface area contributed by atoms with Gasteiger partial charge in [0.15, 0.2) is 0 Å². The molecule has 0 radical (unpaired) electrons. The molecule has 1 aromatic carbocycles. The predicted octanol–water partition coefficient (Wildman–Crippen LogP) is 1.66. The first-order chi connectivity index (χ1) is 17.7. The fourth-order valence-electron chi connectivity index (χ4n) is 4.08. The zero-order valence-corrected chi connectivity index (χ0v) is 22.1. The van der Waals surface area contributed by atoms with Crippen LogP contribution in [0.25, 0.3) is 0 Å². The summed E-state index contributed by atoms with van der Waals surface area (Å²) in [6, 6.07) is 8.04. The van der Waals surface area contributed by atoms with E-state index in [1.165, 1.54) is 18.6 Å². The Morgan fingerprint density at radius 3 is 2.54 bits per heavy atom. The Morgan fingerprint density at radius 2 is 1.89 bits per heavy atom. The van der Waals surface area contributed by atoms with Crippen LogP contribution in [-0.2, 0) is 25.3 Å². The van der Waals surface area contributed by atoms with Gasteiger partial charge in [-0.1, -0.05) is 44.2 Å². The minimum Gasteiger partial charge on any atom is -0.507 e. The van der Waals surface area contributed by atoms with E-state index in [4.69, 9.17) is 9.31 Å². The zero-order chi connectivity index (χ0) is 26.9. The lowest BCUT2D eigenvalue weighted by Crippen LogP contribution is -2.59. The maximum atomic E-state index is 13.6. The molecule has 2 heterocycles. The second-order valence-corrected chi connectivity index (χ2v) is 9.88. The maximum Gasteiger partial charge on any atom is 0.551 e. The topological polar surface area (TPSA) is 123 Å². The number of amides is 2. The van der Waals surface area contributed by atoms with Crippen LogP contribution in [-0.4, -0.2) is 77.5 Å². The SMILES string of the molecule is CC(C)C[C@H](NC(=O)C(Cc1ccccc1)NC(=O)c1cnccn1)B1OC[C@@H](C)N(C)[C@@H](C)C(=O)O1. The molecule has 1 aliphatic rings. The number of carbonyl (C=O) groups excluding carboxylic acids is 3. The quantitative estimate of drug-likeness (QED) is 0.490. The lowest BCUT2D eigenvalue weighted by Gasteiger charge is -2.36. The molecule has 1 unspecified atom stereocenters. The van der Waals surface area contributed by atoms with Gasteiger partial charge in [-0.15, -0.1) is 0 Å². The molecule has 2 amide bonds. The van der Waals surface area contributed by atoms with Gasteiger partial charge in [-0.2, -0.15) is 0 Å². The molecule has 1 saturated heterocycles. The van der Waals surface area contributed by atoms with Crippen molar-refractivity contribution in [3.63, 3.8) is 0 Å². The number of hydrogen-bond donors (Lipinski definition) is 2. The number of benzene rings is 1. The number of nitrogens with zero attached hydrogens (tertiary/aromatic N) is 3. The van der Waals surface area contributed by atoms with Crippen molar-refractivity contribution in [2.24, 2.45) is 5.92 Å². The highest BCUT2D eigenvalue weighted by molar-refractivity contribution is 6.49. The molecule has 4 atom stereocenters. The summed E-state index contributed by atoms with van der Waals surface area (Å²) in [4.78, 5) is 49.1. The number of likely N-dealkylation sites (N-methyl/N-ethyl adjacent to an activating group) is 1. The molecular weight excluding hydrogens is 473 g/mol. The Hall–Kier alpha value is -3.31. The van der Waals surface area contributed by atoms with Gasteiger partial charge in [0, 0.05) is 31.5 Å². The summed E-state index contributed by atoms with van der Waals surface area (Å²) in [6.07, 6.45) is 5.00. The van der Waals surface area contributed by atoms with Gasteiger partial charge in [0.05, 0.1) is 12.1 Å². The van der Waals surface area contributed by atoms with Gasteiger partial charge < -0.3 is 19.9 Å². The van der Waals surface area contributed by atoms with Gasteiger partial charge in [-0.05, 0) is 38.8 Å². The van der Waals surface area contributed by atoms with Crippen LogP contribution in [0, 0.1) is 5.92 Å². The Morgan fingerprint density at radius 1 is 1.16 bits per heavy atom. The number of carbonyl (C=O) groups is 3. The highest BCUT2D eigenvalue weighted by atomic mass is 16.6. The first kappa shape index (κ1) is 28.3. The van der Waals surface area contributed by atoms with Crippen molar-refractivity contribution in [3.05, 3.63) is 60.2 Å². The summed E-state index contributed by atoms with van der Waals surface area (Å²) in [5.74, 6) is -1.77. The molecule has 2 N–H and O–H groups in total. The molecule has 37 heavy (non-hydrogen) atoms. The third-order valence-electron chi connectivity index (χ3n) is 6.46. The molecule has 1 aromatic heterocycles. The molecular formula is C26H36BN5O5. The third-order valence-corrected chi connectivity index (χ3v) is 6.46. The van der Waals surface area contributed by atoms with E-state index in [2.05, 4.69) is 20.6 Å². The van der Waals surface area contributed by atoms with Crippen molar-refractivity contribution in [1.82, 2.24) is 25.5 Å².